The van der Waals surface area contributed by atoms with Crippen LogP contribution in [0.1, 0.15) is 52.4 Å². The summed E-state index contributed by atoms with van der Waals surface area (Å²) in [5.41, 5.74) is 0. The monoisotopic (exact) mass is 194 g/mol. The van der Waals surface area contributed by atoms with E-state index in [1.165, 1.54) is 38.5 Å². The highest BCUT2D eigenvalue weighted by molar-refractivity contribution is 4.72. The van der Waals surface area contributed by atoms with E-state index >= 15 is 0 Å². The van der Waals surface area contributed by atoms with Crippen LogP contribution in [0, 0.1) is 11.8 Å². The Kier molecular flexibility index (Phi) is 8.72. The minimum absolute atomic E-state index is 0.821. The zero-order chi connectivity index (χ0) is 10.8. The molecule has 0 saturated heterocycles. The third-order valence-corrected chi connectivity index (χ3v) is 2.78. The van der Waals surface area contributed by atoms with Gasteiger partial charge in [-0.1, -0.05) is 51.7 Å². The maximum absolute atomic E-state index is 3.77. The first-order valence-electron chi connectivity index (χ1n) is 5.92. The normalized spacial score (nSPS) is 14.7. The molecule has 0 heterocycles. The van der Waals surface area contributed by atoms with Gasteiger partial charge in [-0.05, 0) is 24.7 Å². The summed E-state index contributed by atoms with van der Waals surface area (Å²) in [7, 11) is 0. The predicted octanol–water partition coefficient (Wildman–Crippen LogP) is 4.97. The molecule has 0 aliphatic heterocycles. The van der Waals surface area contributed by atoms with E-state index < -0.39 is 0 Å². The summed E-state index contributed by atoms with van der Waals surface area (Å²) in [6.45, 7) is 12.2. The van der Waals surface area contributed by atoms with E-state index in [1.54, 1.807) is 0 Å². The van der Waals surface area contributed by atoms with Crippen LogP contribution in [0.25, 0.3) is 0 Å². The lowest BCUT2D eigenvalue weighted by Crippen LogP contribution is -1.95. The van der Waals surface area contributed by atoms with Crippen molar-refractivity contribution in [3.05, 3.63) is 25.3 Å². The molecule has 2 atom stereocenters. The first-order valence-corrected chi connectivity index (χ1v) is 5.92. The first kappa shape index (κ1) is 13.5. The highest BCUT2D eigenvalue weighted by Crippen LogP contribution is 2.17. The SMILES string of the molecule is C=CCC(C)CCCCC(C)CC=C. The molecule has 0 fully saturated rings. The summed E-state index contributed by atoms with van der Waals surface area (Å²) in [6.07, 6.45) is 11.9. The number of hydrogen-bond acceptors (Lipinski definition) is 0. The summed E-state index contributed by atoms with van der Waals surface area (Å²) < 4.78 is 0. The van der Waals surface area contributed by atoms with Crippen LogP contribution >= 0.6 is 0 Å². The van der Waals surface area contributed by atoms with Crippen LogP contribution in [0.5, 0.6) is 0 Å². The Labute approximate surface area is 90.1 Å². The highest BCUT2D eigenvalue weighted by Gasteiger charge is 2.01. The molecule has 0 aromatic rings. The van der Waals surface area contributed by atoms with Gasteiger partial charge in [0.25, 0.3) is 0 Å². The molecule has 14 heavy (non-hydrogen) atoms. The Bertz CT molecular complexity index is 128. The fourth-order valence-corrected chi connectivity index (χ4v) is 1.79. The molecule has 0 saturated carbocycles. The molecule has 0 aromatic carbocycles. The summed E-state index contributed by atoms with van der Waals surface area (Å²) >= 11 is 0. The van der Waals surface area contributed by atoms with Crippen LogP contribution in [-0.2, 0) is 0 Å². The van der Waals surface area contributed by atoms with E-state index in [9.17, 15) is 0 Å². The molecule has 0 aliphatic rings. The number of allylic oxidation sites excluding steroid dienone is 2. The summed E-state index contributed by atoms with van der Waals surface area (Å²) in [4.78, 5) is 0. The topological polar surface area (TPSA) is 0 Å². The minimum Gasteiger partial charge on any atom is -0.103 e. The molecule has 0 spiro atoms. The largest absolute Gasteiger partial charge is 0.103 e. The van der Waals surface area contributed by atoms with Crippen LogP contribution in [-0.4, -0.2) is 0 Å². The molecule has 0 amide bonds. The number of rotatable bonds is 9. The van der Waals surface area contributed by atoms with Crippen LogP contribution in [0.4, 0.5) is 0 Å². The number of hydrogen-bond donors (Lipinski definition) is 0. The predicted molar refractivity (Wildman–Crippen MR) is 66.4 cm³/mol. The maximum atomic E-state index is 3.77. The van der Waals surface area contributed by atoms with Gasteiger partial charge in [0.1, 0.15) is 0 Å². The number of unbranched alkanes of at least 4 members (excludes halogenated alkanes) is 1. The first-order chi connectivity index (χ1) is 6.70. The summed E-state index contributed by atoms with van der Waals surface area (Å²) in [5, 5.41) is 0. The van der Waals surface area contributed by atoms with Gasteiger partial charge < -0.3 is 0 Å². The Morgan fingerprint density at radius 2 is 1.21 bits per heavy atom. The molecular weight excluding hydrogens is 168 g/mol. The van der Waals surface area contributed by atoms with E-state index in [2.05, 4.69) is 27.0 Å². The van der Waals surface area contributed by atoms with Gasteiger partial charge in [0.2, 0.25) is 0 Å². The third-order valence-electron chi connectivity index (χ3n) is 2.78. The van der Waals surface area contributed by atoms with Crippen molar-refractivity contribution in [2.75, 3.05) is 0 Å². The molecule has 0 aromatic heterocycles. The lowest BCUT2D eigenvalue weighted by atomic mass is 9.96. The molecule has 0 N–H and O–H groups in total. The van der Waals surface area contributed by atoms with Crippen molar-refractivity contribution >= 4 is 0 Å². The standard InChI is InChI=1S/C14H26/c1-5-9-13(3)11-7-8-12-14(4)10-6-2/h5-6,13-14H,1-2,7-12H2,3-4H3. The van der Waals surface area contributed by atoms with Gasteiger partial charge in [0.05, 0.1) is 0 Å². The second kappa shape index (κ2) is 9.05. The fourth-order valence-electron chi connectivity index (χ4n) is 1.79. The van der Waals surface area contributed by atoms with Crippen molar-refractivity contribution in [1.29, 1.82) is 0 Å². The Morgan fingerprint density at radius 3 is 1.50 bits per heavy atom. The lowest BCUT2D eigenvalue weighted by molar-refractivity contribution is 0.452. The second-order valence-electron chi connectivity index (χ2n) is 4.54. The Balaban J connectivity index is 3.27. The molecule has 0 bridgehead atoms. The summed E-state index contributed by atoms with van der Waals surface area (Å²) in [6, 6.07) is 0. The van der Waals surface area contributed by atoms with E-state index in [0.717, 1.165) is 11.8 Å². The van der Waals surface area contributed by atoms with E-state index in [-0.39, 0.29) is 0 Å². The van der Waals surface area contributed by atoms with Gasteiger partial charge in [-0.3, -0.25) is 0 Å². The van der Waals surface area contributed by atoms with E-state index in [1.807, 2.05) is 12.2 Å². The molecule has 0 aliphatic carbocycles. The smallest absolute Gasteiger partial charge is 0.0328 e. The molecule has 0 radical (unpaired) electrons. The average Bonchev–Trinajstić information content (AvgIpc) is 2.13. The fraction of sp³-hybridized carbons (Fsp3) is 0.714. The van der Waals surface area contributed by atoms with Crippen molar-refractivity contribution in [2.45, 2.75) is 52.4 Å². The lowest BCUT2D eigenvalue weighted by Gasteiger charge is -2.10. The van der Waals surface area contributed by atoms with E-state index in [0.29, 0.717) is 0 Å². The van der Waals surface area contributed by atoms with Gasteiger partial charge in [0, 0.05) is 0 Å². The van der Waals surface area contributed by atoms with Crippen molar-refractivity contribution in [2.24, 2.45) is 11.8 Å². The van der Waals surface area contributed by atoms with Crippen molar-refractivity contribution in [3.63, 3.8) is 0 Å². The van der Waals surface area contributed by atoms with Crippen LogP contribution in [0.15, 0.2) is 25.3 Å². The molecular formula is C14H26. The Hall–Kier alpha value is -0.520. The van der Waals surface area contributed by atoms with Gasteiger partial charge >= 0.3 is 0 Å². The average molecular weight is 194 g/mol. The van der Waals surface area contributed by atoms with Crippen molar-refractivity contribution in [1.82, 2.24) is 0 Å². The van der Waals surface area contributed by atoms with Crippen LogP contribution in [0.2, 0.25) is 0 Å². The Morgan fingerprint density at radius 1 is 0.857 bits per heavy atom. The second-order valence-corrected chi connectivity index (χ2v) is 4.54. The van der Waals surface area contributed by atoms with Gasteiger partial charge in [0.15, 0.2) is 0 Å². The quantitative estimate of drug-likeness (QED) is 0.359. The molecule has 0 rings (SSSR count). The minimum atomic E-state index is 0.821. The third kappa shape index (κ3) is 8.10. The molecule has 0 nitrogen and oxygen atoms in total. The zero-order valence-corrected chi connectivity index (χ0v) is 9.97. The van der Waals surface area contributed by atoms with Crippen molar-refractivity contribution < 1.29 is 0 Å². The van der Waals surface area contributed by atoms with Gasteiger partial charge in [-0.15, -0.1) is 13.2 Å². The van der Waals surface area contributed by atoms with Crippen molar-refractivity contribution in [3.8, 4) is 0 Å². The zero-order valence-electron chi connectivity index (χ0n) is 9.97. The molecule has 82 valence electrons. The molecule has 2 unspecified atom stereocenters. The van der Waals surface area contributed by atoms with Gasteiger partial charge in [-0.2, -0.15) is 0 Å². The van der Waals surface area contributed by atoms with Gasteiger partial charge in [-0.25, -0.2) is 0 Å². The van der Waals surface area contributed by atoms with Crippen LogP contribution < -0.4 is 0 Å². The highest BCUT2D eigenvalue weighted by atomic mass is 14.1. The summed E-state index contributed by atoms with van der Waals surface area (Å²) in [5.74, 6) is 1.64. The maximum Gasteiger partial charge on any atom is -0.0328 e. The van der Waals surface area contributed by atoms with Crippen LogP contribution in [0.3, 0.4) is 0 Å². The van der Waals surface area contributed by atoms with E-state index in [4.69, 9.17) is 0 Å². The molecule has 0 heteroatoms.